The van der Waals surface area contributed by atoms with Crippen LogP contribution in [-0.4, -0.2) is 29.4 Å². The molecule has 0 aliphatic heterocycles. The van der Waals surface area contributed by atoms with Crippen molar-refractivity contribution in [3.63, 3.8) is 0 Å². The lowest BCUT2D eigenvalue weighted by molar-refractivity contribution is -0.121. The van der Waals surface area contributed by atoms with Gasteiger partial charge >= 0.3 is 0 Å². The van der Waals surface area contributed by atoms with E-state index >= 15 is 0 Å². The monoisotopic (exact) mass is 311 g/mol. The predicted molar refractivity (Wildman–Crippen MR) is 83.5 cm³/mol. The molecule has 0 radical (unpaired) electrons. The number of rotatable bonds is 8. The van der Waals surface area contributed by atoms with Crippen molar-refractivity contribution in [1.82, 2.24) is 5.32 Å². The van der Waals surface area contributed by atoms with Gasteiger partial charge in [-0.1, -0.05) is 18.5 Å². The first-order valence-electron chi connectivity index (χ1n) is 7.12. The van der Waals surface area contributed by atoms with E-state index in [2.05, 4.69) is 5.32 Å². The Morgan fingerprint density at radius 3 is 2.38 bits per heavy atom. The van der Waals surface area contributed by atoms with E-state index in [0.29, 0.717) is 23.6 Å². The summed E-state index contributed by atoms with van der Waals surface area (Å²) >= 11 is 5.76. The minimum atomic E-state index is -0.372. The molecule has 1 aromatic rings. The zero-order valence-electron chi connectivity index (χ0n) is 12.4. The van der Waals surface area contributed by atoms with Crippen LogP contribution in [0.5, 0.6) is 0 Å². The van der Waals surface area contributed by atoms with Gasteiger partial charge in [0, 0.05) is 30.0 Å². The Kier molecular flexibility index (Phi) is 7.40. The Bertz CT molecular complexity index is 471. The zero-order chi connectivity index (χ0) is 15.8. The summed E-state index contributed by atoms with van der Waals surface area (Å²) in [5.74, 6) is -0.00508. The van der Waals surface area contributed by atoms with Gasteiger partial charge in [0.25, 0.3) is 0 Å². The van der Waals surface area contributed by atoms with Gasteiger partial charge in [0.2, 0.25) is 5.91 Å². The van der Waals surface area contributed by atoms with Crippen molar-refractivity contribution >= 4 is 23.3 Å². The zero-order valence-corrected chi connectivity index (χ0v) is 13.2. The second kappa shape index (κ2) is 8.80. The lowest BCUT2D eigenvalue weighted by Crippen LogP contribution is -2.29. The van der Waals surface area contributed by atoms with E-state index in [1.54, 1.807) is 31.2 Å². The number of ketones is 1. The molecule has 0 saturated heterocycles. The molecule has 5 heteroatoms. The lowest BCUT2D eigenvalue weighted by atomic mass is 10.0. The van der Waals surface area contributed by atoms with Crippen LogP contribution in [0, 0.1) is 5.92 Å². The van der Waals surface area contributed by atoms with Gasteiger partial charge in [-0.2, -0.15) is 0 Å². The number of halogens is 1. The van der Waals surface area contributed by atoms with Gasteiger partial charge in [-0.3, -0.25) is 9.59 Å². The Morgan fingerprint density at radius 1 is 1.19 bits per heavy atom. The first-order chi connectivity index (χ1) is 9.88. The van der Waals surface area contributed by atoms with E-state index in [0.717, 1.165) is 0 Å². The van der Waals surface area contributed by atoms with Crippen LogP contribution in [0.1, 0.15) is 43.5 Å². The van der Waals surface area contributed by atoms with Crippen molar-refractivity contribution in [3.05, 3.63) is 34.9 Å². The fraction of sp³-hybridized carbons (Fsp3) is 0.500. The van der Waals surface area contributed by atoms with Crippen molar-refractivity contribution in [2.45, 2.75) is 39.2 Å². The molecule has 2 N–H and O–H groups in total. The topological polar surface area (TPSA) is 66.4 Å². The third-order valence-corrected chi connectivity index (χ3v) is 3.39. The van der Waals surface area contributed by atoms with Crippen molar-refractivity contribution < 1.29 is 14.7 Å². The van der Waals surface area contributed by atoms with Crippen molar-refractivity contribution in [2.75, 3.05) is 6.54 Å². The summed E-state index contributed by atoms with van der Waals surface area (Å²) in [4.78, 5) is 23.6. The highest BCUT2D eigenvalue weighted by atomic mass is 35.5. The molecular formula is C16H22ClNO3. The third kappa shape index (κ3) is 7.25. The molecule has 1 aromatic carbocycles. The van der Waals surface area contributed by atoms with E-state index < -0.39 is 0 Å². The van der Waals surface area contributed by atoms with Crippen LogP contribution in [0.25, 0.3) is 0 Å². The molecule has 0 aliphatic rings. The molecule has 0 fully saturated rings. The van der Waals surface area contributed by atoms with Gasteiger partial charge in [-0.05, 0) is 43.5 Å². The van der Waals surface area contributed by atoms with E-state index in [4.69, 9.17) is 11.6 Å². The van der Waals surface area contributed by atoms with Crippen LogP contribution in [-0.2, 0) is 4.79 Å². The molecule has 21 heavy (non-hydrogen) atoms. The highest BCUT2D eigenvalue weighted by Crippen LogP contribution is 2.12. The predicted octanol–water partition coefficient (Wildman–Crippen LogP) is 2.83. The molecule has 0 saturated carbocycles. The van der Waals surface area contributed by atoms with Gasteiger partial charge in [0.15, 0.2) is 5.78 Å². The van der Waals surface area contributed by atoms with E-state index in [1.807, 2.05) is 6.92 Å². The average Bonchev–Trinajstić information content (AvgIpc) is 2.42. The first kappa shape index (κ1) is 17.7. The molecule has 2 unspecified atom stereocenters. The second-order valence-corrected chi connectivity index (χ2v) is 5.86. The summed E-state index contributed by atoms with van der Waals surface area (Å²) in [5, 5.41) is 12.6. The Labute approximate surface area is 130 Å². The minimum absolute atomic E-state index is 0.0705. The summed E-state index contributed by atoms with van der Waals surface area (Å²) in [5.41, 5.74) is 0.565. The van der Waals surface area contributed by atoms with Crippen LogP contribution in [0.2, 0.25) is 5.02 Å². The van der Waals surface area contributed by atoms with E-state index in [9.17, 15) is 14.7 Å². The molecule has 0 aromatic heterocycles. The van der Waals surface area contributed by atoms with Crippen LogP contribution < -0.4 is 5.32 Å². The smallest absolute Gasteiger partial charge is 0.220 e. The van der Waals surface area contributed by atoms with Crippen LogP contribution >= 0.6 is 11.6 Å². The molecular weight excluding hydrogens is 290 g/mol. The highest BCUT2D eigenvalue weighted by molar-refractivity contribution is 6.30. The van der Waals surface area contributed by atoms with Gasteiger partial charge < -0.3 is 10.4 Å². The third-order valence-electron chi connectivity index (χ3n) is 3.14. The van der Waals surface area contributed by atoms with E-state index in [-0.39, 0.29) is 36.6 Å². The molecule has 4 nitrogen and oxygen atoms in total. The fourth-order valence-electron chi connectivity index (χ4n) is 2.05. The van der Waals surface area contributed by atoms with Gasteiger partial charge in [0.1, 0.15) is 0 Å². The summed E-state index contributed by atoms with van der Waals surface area (Å²) in [6.07, 6.45) is 0.619. The summed E-state index contributed by atoms with van der Waals surface area (Å²) in [6.45, 7) is 4.20. The fourth-order valence-corrected chi connectivity index (χ4v) is 2.18. The average molecular weight is 312 g/mol. The molecule has 116 valence electrons. The van der Waals surface area contributed by atoms with Crippen molar-refractivity contribution in [1.29, 1.82) is 0 Å². The summed E-state index contributed by atoms with van der Waals surface area (Å²) < 4.78 is 0. The number of hydrogen-bond donors (Lipinski definition) is 2. The SMILES string of the molecule is CC(O)CC(C)CNC(=O)CCC(=O)c1ccc(Cl)cc1. The first-order valence-corrected chi connectivity index (χ1v) is 7.49. The number of aliphatic hydroxyl groups excluding tert-OH is 1. The molecule has 1 rings (SSSR count). The van der Waals surface area contributed by atoms with Gasteiger partial charge in [-0.25, -0.2) is 0 Å². The Balaban J connectivity index is 2.29. The molecule has 0 bridgehead atoms. The second-order valence-electron chi connectivity index (χ2n) is 5.42. The molecule has 0 heterocycles. The van der Waals surface area contributed by atoms with Gasteiger partial charge in [-0.15, -0.1) is 0 Å². The number of nitrogens with one attached hydrogen (secondary N) is 1. The molecule has 0 aliphatic carbocycles. The Morgan fingerprint density at radius 2 is 1.81 bits per heavy atom. The number of benzene rings is 1. The number of carbonyl (C=O) groups is 2. The number of aliphatic hydroxyl groups is 1. The number of carbonyl (C=O) groups excluding carboxylic acids is 2. The summed E-state index contributed by atoms with van der Waals surface area (Å²) in [7, 11) is 0. The number of hydrogen-bond acceptors (Lipinski definition) is 3. The normalized spacial score (nSPS) is 13.5. The van der Waals surface area contributed by atoms with Crippen LogP contribution in [0.15, 0.2) is 24.3 Å². The number of Topliss-reactive ketones (excluding diaryl/α,β-unsaturated/α-hetero) is 1. The highest BCUT2D eigenvalue weighted by Gasteiger charge is 2.11. The van der Waals surface area contributed by atoms with Gasteiger partial charge in [0.05, 0.1) is 6.10 Å². The van der Waals surface area contributed by atoms with E-state index in [1.165, 1.54) is 0 Å². The maximum absolute atomic E-state index is 11.9. The molecule has 2 atom stereocenters. The van der Waals surface area contributed by atoms with Crippen molar-refractivity contribution in [3.8, 4) is 0 Å². The standard InChI is InChI=1S/C16H22ClNO3/c1-11(9-12(2)19)10-18-16(21)8-7-15(20)13-3-5-14(17)6-4-13/h3-6,11-12,19H,7-10H2,1-2H3,(H,18,21). The molecule has 1 amide bonds. The maximum Gasteiger partial charge on any atom is 0.220 e. The summed E-state index contributed by atoms with van der Waals surface area (Å²) in [6, 6.07) is 6.64. The minimum Gasteiger partial charge on any atom is -0.393 e. The lowest BCUT2D eigenvalue weighted by Gasteiger charge is -2.14. The van der Waals surface area contributed by atoms with Crippen LogP contribution in [0.3, 0.4) is 0 Å². The largest absolute Gasteiger partial charge is 0.393 e. The van der Waals surface area contributed by atoms with Crippen molar-refractivity contribution in [2.24, 2.45) is 5.92 Å². The molecule has 0 spiro atoms. The number of amides is 1. The Hall–Kier alpha value is -1.39. The maximum atomic E-state index is 11.9. The quantitative estimate of drug-likeness (QED) is 0.725. The van der Waals surface area contributed by atoms with Crippen LogP contribution in [0.4, 0.5) is 0 Å².